The van der Waals surface area contributed by atoms with Crippen LogP contribution in [0.3, 0.4) is 0 Å². The second-order valence-electron chi connectivity index (χ2n) is 9.74. The van der Waals surface area contributed by atoms with Crippen LogP contribution in [0, 0.1) is 6.92 Å². The van der Waals surface area contributed by atoms with Crippen LogP contribution in [0.5, 0.6) is 5.75 Å². The Labute approximate surface area is 248 Å². The van der Waals surface area contributed by atoms with E-state index >= 15 is 0 Å². The Balaban J connectivity index is 1.58. The second kappa shape index (κ2) is 15.6. The number of carboxylic acid groups (broad SMARTS) is 2. The van der Waals surface area contributed by atoms with Gasteiger partial charge in [-0.1, -0.05) is 36.4 Å². The smallest absolute Gasteiger partial charge is 0.323 e. The molecule has 0 bridgehead atoms. The lowest BCUT2D eigenvalue weighted by Gasteiger charge is -2.18. The zero-order valence-electron chi connectivity index (χ0n) is 23.8. The number of amides is 4. The molecule has 1 atom stereocenters. The number of carbonyl (C=O) groups is 5. The first kappa shape index (κ1) is 32.1. The number of aryl methyl sites for hydroxylation is 1. The lowest BCUT2D eigenvalue weighted by atomic mass is 10.0. The molecule has 3 aromatic rings. The van der Waals surface area contributed by atoms with Crippen LogP contribution >= 0.6 is 0 Å². The van der Waals surface area contributed by atoms with Crippen LogP contribution in [-0.2, 0) is 25.6 Å². The summed E-state index contributed by atoms with van der Waals surface area (Å²) in [7, 11) is 1.46. The molecule has 12 heteroatoms. The highest BCUT2D eigenvalue weighted by atomic mass is 16.5. The van der Waals surface area contributed by atoms with Gasteiger partial charge in [0, 0.05) is 24.2 Å². The molecule has 0 aliphatic rings. The van der Waals surface area contributed by atoms with Gasteiger partial charge in [0.2, 0.25) is 11.8 Å². The van der Waals surface area contributed by atoms with E-state index in [9.17, 15) is 29.1 Å². The number of anilines is 3. The molecule has 0 spiro atoms. The SMILES string of the molecule is COc1cc(CC(=O)Nc2ccc(C(CC(=O)O)NC(=O)CCCC(=O)O)cc2)ccc1NC(=O)Nc1ccccc1C. The fourth-order valence-corrected chi connectivity index (χ4v) is 4.22. The molecule has 3 aromatic carbocycles. The number of benzene rings is 3. The van der Waals surface area contributed by atoms with Crippen molar-refractivity contribution >= 4 is 46.8 Å². The van der Waals surface area contributed by atoms with Gasteiger partial charge in [-0.25, -0.2) is 4.79 Å². The van der Waals surface area contributed by atoms with Crippen molar-refractivity contribution in [3.63, 3.8) is 0 Å². The van der Waals surface area contributed by atoms with Crippen LogP contribution in [0.25, 0.3) is 0 Å². The molecule has 0 aromatic heterocycles. The lowest BCUT2D eigenvalue weighted by Crippen LogP contribution is -2.30. The van der Waals surface area contributed by atoms with Gasteiger partial charge in [0.05, 0.1) is 31.7 Å². The molecular formula is C31H34N4O8. The lowest BCUT2D eigenvalue weighted by molar-refractivity contribution is -0.138. The van der Waals surface area contributed by atoms with E-state index in [4.69, 9.17) is 9.84 Å². The van der Waals surface area contributed by atoms with Crippen molar-refractivity contribution in [2.45, 2.75) is 45.1 Å². The number of methoxy groups -OCH3 is 1. The summed E-state index contributed by atoms with van der Waals surface area (Å²) >= 11 is 0. The van der Waals surface area contributed by atoms with Gasteiger partial charge in [-0.15, -0.1) is 0 Å². The maximum absolute atomic E-state index is 12.7. The predicted molar refractivity (Wildman–Crippen MR) is 160 cm³/mol. The molecule has 3 rings (SSSR count). The van der Waals surface area contributed by atoms with Gasteiger partial charge in [-0.05, 0) is 60.4 Å². The topological polar surface area (TPSA) is 183 Å². The Hall–Kier alpha value is -5.39. The summed E-state index contributed by atoms with van der Waals surface area (Å²) in [4.78, 5) is 59.4. The molecule has 1 unspecified atom stereocenters. The summed E-state index contributed by atoms with van der Waals surface area (Å²) in [5.74, 6) is -2.52. The van der Waals surface area contributed by atoms with Crippen LogP contribution in [-0.4, -0.2) is 47.1 Å². The number of rotatable bonds is 14. The zero-order valence-corrected chi connectivity index (χ0v) is 23.8. The highest BCUT2D eigenvalue weighted by Gasteiger charge is 2.19. The number of ether oxygens (including phenoxy) is 1. The van der Waals surface area contributed by atoms with Crippen molar-refractivity contribution in [1.29, 1.82) is 0 Å². The Morgan fingerprint density at radius 1 is 0.791 bits per heavy atom. The number of aliphatic carboxylic acids is 2. The first-order valence-electron chi connectivity index (χ1n) is 13.5. The van der Waals surface area contributed by atoms with Gasteiger partial charge >= 0.3 is 18.0 Å². The number of nitrogens with one attached hydrogen (secondary N) is 4. The van der Waals surface area contributed by atoms with Crippen molar-refractivity contribution in [2.24, 2.45) is 0 Å². The second-order valence-corrected chi connectivity index (χ2v) is 9.74. The molecule has 0 saturated carbocycles. The average molecular weight is 591 g/mol. The Kier molecular flexibility index (Phi) is 11.6. The minimum absolute atomic E-state index is 0.0157. The Morgan fingerprint density at radius 2 is 1.49 bits per heavy atom. The summed E-state index contributed by atoms with van der Waals surface area (Å²) in [5.41, 5.74) is 3.65. The molecule has 6 N–H and O–H groups in total. The maximum Gasteiger partial charge on any atom is 0.323 e. The van der Waals surface area contributed by atoms with Gasteiger partial charge in [0.25, 0.3) is 0 Å². The Bertz CT molecular complexity index is 1470. The van der Waals surface area contributed by atoms with Gasteiger partial charge in [-0.2, -0.15) is 0 Å². The molecule has 0 radical (unpaired) electrons. The molecule has 0 heterocycles. The quantitative estimate of drug-likeness (QED) is 0.156. The normalized spacial score (nSPS) is 11.1. The van der Waals surface area contributed by atoms with Crippen molar-refractivity contribution in [1.82, 2.24) is 5.32 Å². The van der Waals surface area contributed by atoms with Crippen LogP contribution in [0.4, 0.5) is 21.9 Å². The number of hydrogen-bond acceptors (Lipinski definition) is 6. The molecule has 0 saturated heterocycles. The zero-order chi connectivity index (χ0) is 31.4. The minimum atomic E-state index is -1.11. The van der Waals surface area contributed by atoms with Crippen LogP contribution < -0.4 is 26.0 Å². The standard InChI is InChI=1S/C31H34N4O8/c1-19-6-3-4-7-23(19)34-31(42)35-24-15-10-20(16-26(24)43-2)17-28(37)32-22-13-11-21(12-14-22)25(18-30(40)41)33-27(36)8-5-9-29(38)39/h3-4,6-7,10-16,25H,5,8-9,17-18H2,1-2H3,(H,32,37)(H,33,36)(H,38,39)(H,40,41)(H2,34,35,42). The monoisotopic (exact) mass is 590 g/mol. The fourth-order valence-electron chi connectivity index (χ4n) is 4.22. The van der Waals surface area contributed by atoms with E-state index in [2.05, 4.69) is 21.3 Å². The van der Waals surface area contributed by atoms with Gasteiger partial charge in [0.1, 0.15) is 5.75 Å². The van der Waals surface area contributed by atoms with Gasteiger partial charge < -0.3 is 36.2 Å². The van der Waals surface area contributed by atoms with Gasteiger partial charge in [0.15, 0.2) is 0 Å². The molecule has 4 amide bonds. The molecule has 0 fully saturated rings. The number of para-hydroxylation sites is 1. The molecular weight excluding hydrogens is 556 g/mol. The van der Waals surface area contributed by atoms with Crippen LogP contribution in [0.15, 0.2) is 66.7 Å². The average Bonchev–Trinajstić information content (AvgIpc) is 2.94. The number of urea groups is 1. The summed E-state index contributed by atoms with van der Waals surface area (Å²) in [6.07, 6.45) is -0.414. The highest BCUT2D eigenvalue weighted by Crippen LogP contribution is 2.27. The third-order valence-electron chi connectivity index (χ3n) is 6.38. The van der Waals surface area contributed by atoms with Crippen molar-refractivity contribution in [3.05, 3.63) is 83.4 Å². The van der Waals surface area contributed by atoms with Crippen molar-refractivity contribution < 1.29 is 38.9 Å². The van der Waals surface area contributed by atoms with Crippen LogP contribution in [0.1, 0.15) is 48.4 Å². The van der Waals surface area contributed by atoms with E-state index in [1.165, 1.54) is 7.11 Å². The number of hydrogen-bond donors (Lipinski definition) is 6. The van der Waals surface area contributed by atoms with Crippen molar-refractivity contribution in [3.8, 4) is 5.75 Å². The first-order chi connectivity index (χ1) is 20.5. The minimum Gasteiger partial charge on any atom is -0.495 e. The summed E-state index contributed by atoms with van der Waals surface area (Å²) in [6.45, 7) is 1.88. The fraction of sp³-hybridized carbons (Fsp3) is 0.258. The maximum atomic E-state index is 12.7. The third kappa shape index (κ3) is 10.5. The van der Waals surface area contributed by atoms with Crippen molar-refractivity contribution in [2.75, 3.05) is 23.1 Å². The molecule has 226 valence electrons. The van der Waals surface area contributed by atoms with E-state index in [1.54, 1.807) is 48.5 Å². The third-order valence-corrected chi connectivity index (χ3v) is 6.38. The summed E-state index contributed by atoms with van der Waals surface area (Å²) < 4.78 is 5.41. The van der Waals surface area contributed by atoms with E-state index in [1.807, 2.05) is 25.1 Å². The predicted octanol–water partition coefficient (Wildman–Crippen LogP) is 4.72. The molecule has 43 heavy (non-hydrogen) atoms. The summed E-state index contributed by atoms with van der Waals surface area (Å²) in [6, 6.07) is 17.5. The molecule has 12 nitrogen and oxygen atoms in total. The molecule has 0 aliphatic carbocycles. The first-order valence-corrected chi connectivity index (χ1v) is 13.5. The number of carbonyl (C=O) groups excluding carboxylic acids is 3. The Morgan fingerprint density at radius 3 is 2.14 bits per heavy atom. The van der Waals surface area contributed by atoms with E-state index < -0.39 is 29.9 Å². The van der Waals surface area contributed by atoms with Crippen LogP contribution in [0.2, 0.25) is 0 Å². The van der Waals surface area contributed by atoms with E-state index in [-0.39, 0.29) is 38.0 Å². The number of carboxylic acids is 2. The largest absolute Gasteiger partial charge is 0.495 e. The molecule has 0 aliphatic heterocycles. The van der Waals surface area contributed by atoms with Gasteiger partial charge in [-0.3, -0.25) is 19.2 Å². The summed E-state index contributed by atoms with van der Waals surface area (Å²) in [5, 5.41) is 28.9. The highest BCUT2D eigenvalue weighted by molar-refractivity contribution is 6.01. The van der Waals surface area contributed by atoms with E-state index in [0.717, 1.165) is 5.56 Å². The van der Waals surface area contributed by atoms with E-state index in [0.29, 0.717) is 33.9 Å².